The lowest BCUT2D eigenvalue weighted by atomic mass is 9.86. The van der Waals surface area contributed by atoms with Gasteiger partial charge in [0.1, 0.15) is 12.4 Å². The van der Waals surface area contributed by atoms with Crippen LogP contribution in [0.5, 0.6) is 5.75 Å². The number of ether oxygens (including phenoxy) is 1. The summed E-state index contributed by atoms with van der Waals surface area (Å²) in [7, 11) is -3.38. The minimum absolute atomic E-state index is 0.111. The number of anilines is 1. The number of hydrogen-bond acceptors (Lipinski definition) is 6. The van der Waals surface area contributed by atoms with Gasteiger partial charge in [-0.25, -0.2) is 8.42 Å². The molecule has 0 aliphatic carbocycles. The molecule has 0 amide bonds. The number of benzene rings is 3. The highest BCUT2D eigenvalue weighted by atomic mass is 32.2. The van der Waals surface area contributed by atoms with Crippen LogP contribution in [0, 0.1) is 5.41 Å². The third-order valence-corrected chi connectivity index (χ3v) is 6.58. The summed E-state index contributed by atoms with van der Waals surface area (Å²) in [5.41, 5.74) is 3.17. The van der Waals surface area contributed by atoms with E-state index < -0.39 is 21.5 Å². The second kappa shape index (κ2) is 10.5. The number of ketones is 1. The highest BCUT2D eigenvalue weighted by Gasteiger charge is 2.23. The summed E-state index contributed by atoms with van der Waals surface area (Å²) >= 11 is 0. The Morgan fingerprint density at radius 1 is 1.03 bits per heavy atom. The summed E-state index contributed by atoms with van der Waals surface area (Å²) in [5.74, 6) is 0.826. The number of carbonyl (C=O) groups is 1. The molecule has 0 saturated carbocycles. The van der Waals surface area contributed by atoms with Crippen molar-refractivity contribution in [1.29, 1.82) is 0 Å². The number of hydrogen-bond donors (Lipinski definition) is 4. The topological polar surface area (TPSA) is 121 Å². The SMILES string of the molecule is CC(C)(C)C(=O)c1ccc2[nH]c3cc(OCCNCC(O)c4cccc(NS(C)(=O)=O)c4)ccc3c2c1. The van der Waals surface area contributed by atoms with E-state index in [0.717, 1.165) is 28.1 Å². The Morgan fingerprint density at radius 2 is 1.81 bits per heavy atom. The van der Waals surface area contributed by atoms with Gasteiger partial charge in [0.15, 0.2) is 5.78 Å². The van der Waals surface area contributed by atoms with E-state index in [-0.39, 0.29) is 5.78 Å². The van der Waals surface area contributed by atoms with Crippen LogP contribution in [-0.2, 0) is 10.0 Å². The largest absolute Gasteiger partial charge is 0.492 e. The van der Waals surface area contributed by atoms with Crippen molar-refractivity contribution in [2.45, 2.75) is 26.9 Å². The van der Waals surface area contributed by atoms with Crippen LogP contribution in [0.1, 0.15) is 42.8 Å². The lowest BCUT2D eigenvalue weighted by Gasteiger charge is -2.16. The van der Waals surface area contributed by atoms with E-state index >= 15 is 0 Å². The molecule has 1 heterocycles. The van der Waals surface area contributed by atoms with E-state index in [1.54, 1.807) is 24.3 Å². The predicted octanol–water partition coefficient (Wildman–Crippen LogP) is 4.62. The lowest BCUT2D eigenvalue weighted by Crippen LogP contribution is -2.26. The quantitative estimate of drug-likeness (QED) is 0.178. The summed E-state index contributed by atoms with van der Waals surface area (Å²) < 4.78 is 31.1. The monoisotopic (exact) mass is 523 g/mol. The maximum absolute atomic E-state index is 12.7. The average molecular weight is 524 g/mol. The first-order valence-electron chi connectivity index (χ1n) is 12.1. The molecule has 0 bridgehead atoms. The van der Waals surface area contributed by atoms with Crippen LogP contribution in [0.4, 0.5) is 5.69 Å². The van der Waals surface area contributed by atoms with Crippen molar-refractivity contribution in [3.63, 3.8) is 0 Å². The molecule has 0 aliphatic heterocycles. The number of nitrogens with one attached hydrogen (secondary N) is 3. The Kier molecular flexibility index (Phi) is 7.59. The maximum atomic E-state index is 12.7. The fourth-order valence-corrected chi connectivity index (χ4v) is 4.72. The van der Waals surface area contributed by atoms with E-state index in [0.29, 0.717) is 42.3 Å². The smallest absolute Gasteiger partial charge is 0.229 e. The molecule has 9 heteroatoms. The van der Waals surface area contributed by atoms with E-state index in [1.807, 2.05) is 57.2 Å². The van der Waals surface area contributed by atoms with Gasteiger partial charge in [-0.05, 0) is 48.0 Å². The number of rotatable bonds is 10. The second-order valence-corrected chi connectivity index (χ2v) is 12.0. The van der Waals surface area contributed by atoms with Gasteiger partial charge in [-0.3, -0.25) is 9.52 Å². The Labute approximate surface area is 217 Å². The van der Waals surface area contributed by atoms with Crippen LogP contribution in [0.2, 0.25) is 0 Å². The van der Waals surface area contributed by atoms with Crippen LogP contribution in [0.25, 0.3) is 21.8 Å². The number of aromatic nitrogens is 1. The molecule has 1 unspecified atom stereocenters. The van der Waals surface area contributed by atoms with E-state index in [2.05, 4.69) is 15.0 Å². The predicted molar refractivity (Wildman–Crippen MR) is 148 cm³/mol. The molecule has 0 spiro atoms. The van der Waals surface area contributed by atoms with Crippen LogP contribution < -0.4 is 14.8 Å². The van der Waals surface area contributed by atoms with Gasteiger partial charge in [0.2, 0.25) is 10.0 Å². The first kappa shape index (κ1) is 26.7. The van der Waals surface area contributed by atoms with Gasteiger partial charge < -0.3 is 20.1 Å². The van der Waals surface area contributed by atoms with Crippen molar-refractivity contribution in [2.24, 2.45) is 5.41 Å². The van der Waals surface area contributed by atoms with Crippen molar-refractivity contribution in [1.82, 2.24) is 10.3 Å². The maximum Gasteiger partial charge on any atom is 0.229 e. The fourth-order valence-electron chi connectivity index (χ4n) is 4.17. The molecule has 4 aromatic rings. The normalized spacial score (nSPS) is 13.1. The van der Waals surface area contributed by atoms with Gasteiger partial charge in [0.05, 0.1) is 17.9 Å². The minimum atomic E-state index is -3.38. The number of aliphatic hydroxyl groups excluding tert-OH is 1. The molecule has 4 rings (SSSR count). The molecule has 1 atom stereocenters. The number of Topliss-reactive ketones (excluding diaryl/α,β-unsaturated/α-hetero) is 1. The molecule has 37 heavy (non-hydrogen) atoms. The molecule has 0 fully saturated rings. The summed E-state index contributed by atoms with van der Waals surface area (Å²) in [6, 6.07) is 18.3. The van der Waals surface area contributed by atoms with Gasteiger partial charge in [0, 0.05) is 52.1 Å². The van der Waals surface area contributed by atoms with Crippen molar-refractivity contribution in [3.8, 4) is 5.75 Å². The lowest BCUT2D eigenvalue weighted by molar-refractivity contribution is 0.0858. The zero-order valence-electron chi connectivity index (χ0n) is 21.5. The summed E-state index contributed by atoms with van der Waals surface area (Å²) in [6.07, 6.45) is 0.290. The Bertz CT molecular complexity index is 1540. The highest BCUT2D eigenvalue weighted by Crippen LogP contribution is 2.31. The zero-order chi connectivity index (χ0) is 26.8. The third kappa shape index (κ3) is 6.68. The molecule has 0 aliphatic rings. The first-order valence-corrected chi connectivity index (χ1v) is 14.0. The standard InChI is InChI=1S/C28H33N3O5S/c1-28(2,3)27(33)19-8-11-24-23(15-19)22-10-9-21(16-25(22)30-24)36-13-12-29-17-26(32)18-6-5-7-20(14-18)31-37(4,34)35/h5-11,14-16,26,29-32H,12-13,17H2,1-4H3. The molecule has 3 aromatic carbocycles. The molecule has 196 valence electrons. The number of aromatic amines is 1. The number of carbonyl (C=O) groups excluding carboxylic acids is 1. The fraction of sp³-hybridized carbons (Fsp3) is 0.321. The van der Waals surface area contributed by atoms with Crippen LogP contribution in [-0.4, -0.2) is 50.2 Å². The van der Waals surface area contributed by atoms with Gasteiger partial charge in [-0.15, -0.1) is 0 Å². The second-order valence-electron chi connectivity index (χ2n) is 10.2. The number of fused-ring (bicyclic) bond motifs is 3. The number of sulfonamides is 1. The first-order chi connectivity index (χ1) is 17.4. The number of H-pyrrole nitrogens is 1. The average Bonchev–Trinajstić information content (AvgIpc) is 3.18. The van der Waals surface area contributed by atoms with Crippen LogP contribution >= 0.6 is 0 Å². The van der Waals surface area contributed by atoms with Crippen molar-refractivity contribution < 1.29 is 23.1 Å². The van der Waals surface area contributed by atoms with Gasteiger partial charge in [-0.2, -0.15) is 0 Å². The van der Waals surface area contributed by atoms with E-state index in [4.69, 9.17) is 4.74 Å². The Balaban J connectivity index is 1.33. The Morgan fingerprint density at radius 3 is 2.54 bits per heavy atom. The van der Waals surface area contributed by atoms with Gasteiger partial charge >= 0.3 is 0 Å². The Hall–Kier alpha value is -3.40. The van der Waals surface area contributed by atoms with Crippen LogP contribution in [0.3, 0.4) is 0 Å². The molecule has 0 saturated heterocycles. The van der Waals surface area contributed by atoms with Gasteiger partial charge in [-0.1, -0.05) is 32.9 Å². The van der Waals surface area contributed by atoms with Crippen molar-refractivity contribution in [3.05, 3.63) is 71.8 Å². The van der Waals surface area contributed by atoms with Crippen molar-refractivity contribution in [2.75, 3.05) is 30.7 Å². The molecule has 1 aromatic heterocycles. The molecule has 8 nitrogen and oxygen atoms in total. The summed E-state index contributed by atoms with van der Waals surface area (Å²) in [4.78, 5) is 16.1. The van der Waals surface area contributed by atoms with Gasteiger partial charge in [0.25, 0.3) is 0 Å². The van der Waals surface area contributed by atoms with Crippen LogP contribution in [0.15, 0.2) is 60.7 Å². The highest BCUT2D eigenvalue weighted by molar-refractivity contribution is 7.92. The number of aliphatic hydroxyl groups is 1. The summed E-state index contributed by atoms with van der Waals surface area (Å²) in [6.45, 7) is 6.98. The van der Waals surface area contributed by atoms with Crippen molar-refractivity contribution >= 4 is 43.3 Å². The van der Waals surface area contributed by atoms with E-state index in [9.17, 15) is 18.3 Å². The molecular weight excluding hydrogens is 490 g/mol. The third-order valence-electron chi connectivity index (χ3n) is 5.97. The summed E-state index contributed by atoms with van der Waals surface area (Å²) in [5, 5.41) is 15.6. The molecule has 4 N–H and O–H groups in total. The zero-order valence-corrected chi connectivity index (χ0v) is 22.3. The van der Waals surface area contributed by atoms with E-state index in [1.165, 1.54) is 0 Å². The molecular formula is C28H33N3O5S. The minimum Gasteiger partial charge on any atom is -0.492 e. The molecule has 0 radical (unpaired) electrons.